The molecule has 128 valence electrons. The van der Waals surface area contributed by atoms with Crippen molar-refractivity contribution in [2.24, 2.45) is 5.73 Å². The zero-order valence-electron chi connectivity index (χ0n) is 11.5. The van der Waals surface area contributed by atoms with Crippen molar-refractivity contribution < 1.29 is 26.7 Å². The Kier molecular flexibility index (Phi) is 5.29. The Morgan fingerprint density at radius 1 is 1.12 bits per heavy atom. The van der Waals surface area contributed by atoms with Gasteiger partial charge in [-0.3, -0.25) is 0 Å². The summed E-state index contributed by atoms with van der Waals surface area (Å²) in [5.41, 5.74) is 4.24. The number of anilines is 1. The number of hydrogen-bond donors (Lipinski definition) is 2. The van der Waals surface area contributed by atoms with Gasteiger partial charge >= 0.3 is 6.18 Å². The molecule has 0 spiro atoms. The van der Waals surface area contributed by atoms with Crippen molar-refractivity contribution in [2.45, 2.75) is 6.18 Å². The molecular formula is C14H8BrF5N2OS. The minimum Gasteiger partial charge on any atom is -0.451 e. The second kappa shape index (κ2) is 6.89. The molecular weight excluding hydrogens is 419 g/mol. The molecule has 2 aromatic carbocycles. The molecule has 3 N–H and O–H groups in total. The molecule has 0 fully saturated rings. The molecule has 0 heterocycles. The second-order valence-corrected chi connectivity index (χ2v) is 5.79. The van der Waals surface area contributed by atoms with Crippen LogP contribution < -0.4 is 15.8 Å². The van der Waals surface area contributed by atoms with Gasteiger partial charge in [0.05, 0.1) is 11.3 Å². The fourth-order valence-corrected chi connectivity index (χ4v) is 2.19. The van der Waals surface area contributed by atoms with Crippen molar-refractivity contribution in [1.29, 1.82) is 0 Å². The zero-order valence-corrected chi connectivity index (χ0v) is 14.0. The highest BCUT2D eigenvalue weighted by atomic mass is 79.9. The van der Waals surface area contributed by atoms with Crippen LogP contribution in [0.1, 0.15) is 5.56 Å². The number of rotatable bonds is 3. The molecule has 0 aliphatic heterocycles. The summed E-state index contributed by atoms with van der Waals surface area (Å²) in [6.45, 7) is 0. The van der Waals surface area contributed by atoms with Crippen LogP contribution in [0.15, 0.2) is 34.8 Å². The van der Waals surface area contributed by atoms with Crippen LogP contribution in [0.2, 0.25) is 0 Å². The van der Waals surface area contributed by atoms with Crippen LogP contribution in [0.3, 0.4) is 0 Å². The van der Waals surface area contributed by atoms with Crippen LogP contribution in [0.5, 0.6) is 11.5 Å². The highest BCUT2D eigenvalue weighted by Gasteiger charge is 2.33. The van der Waals surface area contributed by atoms with Gasteiger partial charge in [-0.2, -0.15) is 13.2 Å². The van der Waals surface area contributed by atoms with E-state index in [4.69, 9.17) is 10.5 Å². The summed E-state index contributed by atoms with van der Waals surface area (Å²) < 4.78 is 70.7. The molecule has 10 heteroatoms. The van der Waals surface area contributed by atoms with E-state index in [1.165, 1.54) is 18.2 Å². The van der Waals surface area contributed by atoms with Gasteiger partial charge in [0, 0.05) is 10.5 Å². The third kappa shape index (κ3) is 4.32. The highest BCUT2D eigenvalue weighted by molar-refractivity contribution is 9.10. The SMILES string of the molecule is NC(=S)Nc1cc(Oc2c(F)cc(C(F)(F)F)cc2F)ccc1Br. The number of alkyl halides is 3. The number of nitrogens with two attached hydrogens (primary N) is 1. The molecule has 0 aliphatic carbocycles. The van der Waals surface area contributed by atoms with E-state index in [1.807, 2.05) is 0 Å². The van der Waals surface area contributed by atoms with Crippen molar-refractivity contribution in [2.75, 3.05) is 5.32 Å². The first kappa shape index (κ1) is 18.4. The fourth-order valence-electron chi connectivity index (χ4n) is 1.74. The molecule has 0 unspecified atom stereocenters. The molecule has 0 saturated carbocycles. The quantitative estimate of drug-likeness (QED) is 0.523. The minimum atomic E-state index is -4.87. The lowest BCUT2D eigenvalue weighted by Crippen LogP contribution is -2.19. The van der Waals surface area contributed by atoms with Crippen molar-refractivity contribution >= 4 is 38.9 Å². The number of thiocarbonyl (C=S) groups is 1. The average Bonchev–Trinajstić information content (AvgIpc) is 2.44. The largest absolute Gasteiger partial charge is 0.451 e. The van der Waals surface area contributed by atoms with Gasteiger partial charge in [0.15, 0.2) is 22.5 Å². The van der Waals surface area contributed by atoms with Crippen LogP contribution in [-0.2, 0) is 6.18 Å². The van der Waals surface area contributed by atoms with Gasteiger partial charge in [-0.15, -0.1) is 0 Å². The van der Waals surface area contributed by atoms with Crippen LogP contribution in [0, 0.1) is 11.6 Å². The minimum absolute atomic E-state index is 0.0329. The molecule has 0 bridgehead atoms. The summed E-state index contributed by atoms with van der Waals surface area (Å²) in [6, 6.07) is 4.47. The van der Waals surface area contributed by atoms with Crippen LogP contribution in [-0.4, -0.2) is 5.11 Å². The molecule has 0 saturated heterocycles. The molecule has 0 amide bonds. The topological polar surface area (TPSA) is 47.3 Å². The third-order valence-corrected chi connectivity index (χ3v) is 3.53. The number of nitrogens with one attached hydrogen (secondary N) is 1. The van der Waals surface area contributed by atoms with Crippen molar-refractivity contribution in [1.82, 2.24) is 0 Å². The smallest absolute Gasteiger partial charge is 0.416 e. The van der Waals surface area contributed by atoms with Crippen molar-refractivity contribution in [3.8, 4) is 11.5 Å². The van der Waals surface area contributed by atoms with Crippen molar-refractivity contribution in [3.05, 3.63) is 52.0 Å². The number of halogens is 6. The van der Waals surface area contributed by atoms with E-state index in [0.717, 1.165) is 0 Å². The molecule has 24 heavy (non-hydrogen) atoms. The monoisotopic (exact) mass is 426 g/mol. The first-order valence-electron chi connectivity index (χ1n) is 6.18. The number of hydrogen-bond acceptors (Lipinski definition) is 2. The zero-order chi connectivity index (χ0) is 18.1. The summed E-state index contributed by atoms with van der Waals surface area (Å²) >= 11 is 7.88. The molecule has 0 aliphatic rings. The summed E-state index contributed by atoms with van der Waals surface area (Å²) in [6.07, 6.45) is -4.87. The van der Waals surface area contributed by atoms with E-state index in [-0.39, 0.29) is 23.0 Å². The fraction of sp³-hybridized carbons (Fsp3) is 0.0714. The second-order valence-electron chi connectivity index (χ2n) is 4.50. The van der Waals surface area contributed by atoms with Gasteiger partial charge in [0.2, 0.25) is 0 Å². The van der Waals surface area contributed by atoms with Gasteiger partial charge in [-0.05, 0) is 52.4 Å². The predicted octanol–water partition coefficient (Wildman–Crippen LogP) is 5.19. The van der Waals surface area contributed by atoms with Crippen molar-refractivity contribution in [3.63, 3.8) is 0 Å². The van der Waals surface area contributed by atoms with E-state index in [9.17, 15) is 22.0 Å². The molecule has 0 aromatic heterocycles. The maximum absolute atomic E-state index is 13.8. The van der Waals surface area contributed by atoms with Gasteiger partial charge < -0.3 is 15.8 Å². The van der Waals surface area contributed by atoms with Crippen LogP contribution >= 0.6 is 28.1 Å². The average molecular weight is 427 g/mol. The van der Waals surface area contributed by atoms with Gasteiger partial charge in [0.25, 0.3) is 0 Å². The van der Waals surface area contributed by atoms with Gasteiger partial charge in [-0.25, -0.2) is 8.78 Å². The van der Waals surface area contributed by atoms with Gasteiger partial charge in [0.1, 0.15) is 5.75 Å². The summed E-state index contributed by atoms with van der Waals surface area (Å²) in [5.74, 6) is -3.94. The molecule has 0 radical (unpaired) electrons. The Morgan fingerprint density at radius 2 is 1.71 bits per heavy atom. The Balaban J connectivity index is 2.36. The Labute approximate surface area is 146 Å². The maximum Gasteiger partial charge on any atom is 0.416 e. The lowest BCUT2D eigenvalue weighted by molar-refractivity contribution is -0.138. The first-order chi connectivity index (χ1) is 11.1. The predicted molar refractivity (Wildman–Crippen MR) is 86.0 cm³/mol. The van der Waals surface area contributed by atoms with Crippen LogP contribution in [0.25, 0.3) is 0 Å². The summed E-state index contributed by atoms with van der Waals surface area (Å²) in [4.78, 5) is 0. The normalized spacial score (nSPS) is 11.2. The molecule has 2 rings (SSSR count). The lowest BCUT2D eigenvalue weighted by Gasteiger charge is -2.13. The van der Waals surface area contributed by atoms with E-state index in [1.54, 1.807) is 0 Å². The summed E-state index contributed by atoms with van der Waals surface area (Å²) in [5, 5.41) is 2.55. The molecule has 2 aromatic rings. The maximum atomic E-state index is 13.8. The Morgan fingerprint density at radius 3 is 2.21 bits per heavy atom. The molecule has 0 atom stereocenters. The third-order valence-electron chi connectivity index (χ3n) is 2.74. The Hall–Kier alpha value is -1.94. The van der Waals surface area contributed by atoms with Crippen LogP contribution in [0.4, 0.5) is 27.6 Å². The molecule has 3 nitrogen and oxygen atoms in total. The lowest BCUT2D eigenvalue weighted by atomic mass is 10.2. The number of ether oxygens (including phenoxy) is 1. The Bertz CT molecular complexity index is 774. The van der Waals surface area contributed by atoms with E-state index < -0.39 is 29.1 Å². The van der Waals surface area contributed by atoms with E-state index in [2.05, 4.69) is 33.5 Å². The first-order valence-corrected chi connectivity index (χ1v) is 7.38. The van der Waals surface area contributed by atoms with Gasteiger partial charge in [-0.1, -0.05) is 0 Å². The highest BCUT2D eigenvalue weighted by Crippen LogP contribution is 2.36. The number of benzene rings is 2. The van der Waals surface area contributed by atoms with E-state index >= 15 is 0 Å². The summed E-state index contributed by atoms with van der Waals surface area (Å²) in [7, 11) is 0. The standard InChI is InChI=1S/C14H8BrF5N2OS/c15-8-2-1-7(5-11(8)22-13(21)24)23-12-9(16)3-6(4-10(12)17)14(18,19)20/h1-5H,(H3,21,22,24). The van der Waals surface area contributed by atoms with E-state index in [0.29, 0.717) is 10.2 Å².